The van der Waals surface area contributed by atoms with E-state index in [0.717, 1.165) is 24.8 Å². The molecule has 3 aliphatic heterocycles. The summed E-state index contributed by atoms with van der Waals surface area (Å²) in [5.74, 6) is 0.687. The van der Waals surface area contributed by atoms with Crippen LogP contribution in [0.4, 0.5) is 0 Å². The van der Waals surface area contributed by atoms with Crippen molar-refractivity contribution in [2.45, 2.75) is 166 Å². The number of hydrogen-bond donors (Lipinski definition) is 4. The van der Waals surface area contributed by atoms with Crippen LogP contribution in [-0.4, -0.2) is 102 Å². The highest BCUT2D eigenvalue weighted by Gasteiger charge is 2.56. The average molecular weight is 834 g/mol. The van der Waals surface area contributed by atoms with Crippen LogP contribution in [0.25, 0.3) is 0 Å². The van der Waals surface area contributed by atoms with Crippen molar-refractivity contribution in [3.8, 4) is 11.8 Å². The molecular weight excluding hydrogens is 765 g/mol. The number of fused-ring (bicyclic) bond motifs is 1. The number of nitrogens with two attached hydrogens (primary N) is 1. The number of hydrazone groups is 1. The highest BCUT2D eigenvalue weighted by molar-refractivity contribution is 7.47. The number of nitrogens with zero attached hydrogens (tertiary/aromatic N) is 4. The first-order chi connectivity index (χ1) is 28.0. The number of amidine groups is 1. The summed E-state index contributed by atoms with van der Waals surface area (Å²) in [6, 6.07) is 6.68. The number of nitriles is 1. The Balaban J connectivity index is 1.18. The molecule has 4 rings (SSSR count). The van der Waals surface area contributed by atoms with Crippen molar-refractivity contribution in [1.29, 1.82) is 5.26 Å². The zero-order valence-electron chi connectivity index (χ0n) is 34.8. The normalized spacial score (nSPS) is 24.3. The molecule has 0 aromatic heterocycles. The van der Waals surface area contributed by atoms with E-state index in [0.29, 0.717) is 30.0 Å². The van der Waals surface area contributed by atoms with E-state index in [2.05, 4.69) is 23.1 Å². The monoisotopic (exact) mass is 833 g/mol. The Morgan fingerprint density at radius 1 is 1.00 bits per heavy atom. The van der Waals surface area contributed by atoms with Gasteiger partial charge >= 0.3 is 7.82 Å². The predicted molar refractivity (Wildman–Crippen MR) is 222 cm³/mol. The fraction of sp³-hybridized carbons (Fsp3) is 0.738. The Kier molecular flexibility index (Phi) is 20.6. The molecule has 0 aliphatic carbocycles. The summed E-state index contributed by atoms with van der Waals surface area (Å²) in [6.45, 7) is 3.57. The fourth-order valence-electron chi connectivity index (χ4n) is 7.54. The molecule has 58 heavy (non-hydrogen) atoms. The summed E-state index contributed by atoms with van der Waals surface area (Å²) in [5.41, 5.74) is 6.13. The van der Waals surface area contributed by atoms with Crippen LogP contribution in [0, 0.1) is 11.3 Å². The molecule has 0 amide bonds. The minimum absolute atomic E-state index is 0.1000. The van der Waals surface area contributed by atoms with Gasteiger partial charge in [-0.15, -0.1) is 0 Å². The second kappa shape index (κ2) is 25.0. The van der Waals surface area contributed by atoms with E-state index in [4.69, 9.17) is 33.7 Å². The highest BCUT2D eigenvalue weighted by atomic mass is 31.2. The molecular formula is C42H68N5O10P. The standard InChI is InChI=1S/C42H68N5O10P/c1-4-5-6-7-8-9-10-11-12-13-14-15-16-17-18-19-24-53-28-34(54-27-32-20-21-33(26-43)37(25-32)52-3)29-55-58(50,51)56-30-42(2)40(49)38(48)39(57-42)35-22-23-36-41(44)45-31-46-47(35)36/h20-21,23,25,31,34-35,38-40,48-49H,4-19,22,24,27-30H2,1-3H3,(H,50,51)(H2,44,45,46)/t34-,35?,38+,39+,40+,42-/m1/s1. The topological polar surface area (TPSA) is 211 Å². The van der Waals surface area contributed by atoms with Gasteiger partial charge in [-0.1, -0.05) is 115 Å². The van der Waals surface area contributed by atoms with Crippen LogP contribution in [0.1, 0.15) is 134 Å². The first-order valence-electron chi connectivity index (χ1n) is 21.3. The molecule has 5 N–H and O–H groups in total. The van der Waals surface area contributed by atoms with Crippen molar-refractivity contribution in [2.75, 3.05) is 33.5 Å². The average Bonchev–Trinajstić information content (AvgIpc) is 3.75. The summed E-state index contributed by atoms with van der Waals surface area (Å²) in [5, 5.41) is 37.1. The lowest BCUT2D eigenvalue weighted by Gasteiger charge is -2.32. The second-order valence-corrected chi connectivity index (χ2v) is 17.3. The number of aliphatic hydroxyl groups is 2. The lowest BCUT2D eigenvalue weighted by Crippen LogP contribution is -2.46. The number of rotatable bonds is 30. The van der Waals surface area contributed by atoms with Gasteiger partial charge < -0.3 is 39.8 Å². The van der Waals surface area contributed by atoms with E-state index in [1.807, 2.05) is 6.08 Å². The largest absolute Gasteiger partial charge is 0.495 e. The van der Waals surface area contributed by atoms with Crippen LogP contribution in [-0.2, 0) is 34.4 Å². The van der Waals surface area contributed by atoms with Gasteiger partial charge in [0.25, 0.3) is 0 Å². The molecule has 1 fully saturated rings. The van der Waals surface area contributed by atoms with Crippen LogP contribution in [0.3, 0.4) is 0 Å². The van der Waals surface area contributed by atoms with Gasteiger partial charge in [-0.2, -0.15) is 10.4 Å². The first kappa shape index (κ1) is 47.8. The molecule has 0 saturated carbocycles. The van der Waals surface area contributed by atoms with E-state index in [9.17, 15) is 24.9 Å². The predicted octanol–water partition coefficient (Wildman–Crippen LogP) is 7.02. The van der Waals surface area contributed by atoms with Crippen LogP contribution in [0.15, 0.2) is 40.1 Å². The molecule has 0 bridgehead atoms. The van der Waals surface area contributed by atoms with Crippen LogP contribution in [0.5, 0.6) is 5.75 Å². The van der Waals surface area contributed by atoms with Crippen molar-refractivity contribution in [3.63, 3.8) is 0 Å². The maximum Gasteiger partial charge on any atom is 0.472 e. The number of methoxy groups -OCH3 is 1. The van der Waals surface area contributed by atoms with Gasteiger partial charge in [0.2, 0.25) is 0 Å². The molecule has 3 aliphatic rings. The summed E-state index contributed by atoms with van der Waals surface area (Å²) < 4.78 is 47.3. The third kappa shape index (κ3) is 15.0. The number of aliphatic imine (C=N–C) groups is 1. The van der Waals surface area contributed by atoms with E-state index >= 15 is 0 Å². The Morgan fingerprint density at radius 2 is 1.64 bits per heavy atom. The molecule has 326 valence electrons. The fourth-order valence-corrected chi connectivity index (χ4v) is 8.39. The molecule has 2 unspecified atom stereocenters. The lowest BCUT2D eigenvalue weighted by molar-refractivity contribution is -0.111. The van der Waals surface area contributed by atoms with E-state index in [1.54, 1.807) is 23.2 Å². The van der Waals surface area contributed by atoms with Gasteiger partial charge in [0, 0.05) is 6.61 Å². The lowest BCUT2D eigenvalue weighted by atomic mass is 9.95. The quantitative estimate of drug-likeness (QED) is 0.0454. The Labute approximate surface area is 345 Å². The number of phosphoric ester groups is 1. The van der Waals surface area contributed by atoms with Crippen molar-refractivity contribution >= 4 is 20.0 Å². The molecule has 0 radical (unpaired) electrons. The van der Waals surface area contributed by atoms with E-state index in [1.165, 1.54) is 104 Å². The number of aliphatic hydroxyl groups excluding tert-OH is 2. The van der Waals surface area contributed by atoms with Gasteiger partial charge in [-0.3, -0.25) is 14.1 Å². The molecule has 15 nitrogen and oxygen atoms in total. The maximum atomic E-state index is 13.1. The zero-order valence-corrected chi connectivity index (χ0v) is 35.7. The molecule has 7 atom stereocenters. The summed E-state index contributed by atoms with van der Waals surface area (Å²) in [4.78, 5) is 14.7. The minimum atomic E-state index is -4.70. The molecule has 3 heterocycles. The Bertz CT molecular complexity index is 1570. The van der Waals surface area contributed by atoms with E-state index < -0.39 is 50.5 Å². The smallest absolute Gasteiger partial charge is 0.472 e. The number of phosphoric acid groups is 1. The number of benzene rings is 1. The van der Waals surface area contributed by atoms with Gasteiger partial charge in [-0.05, 0) is 37.5 Å². The molecule has 1 aromatic carbocycles. The van der Waals surface area contributed by atoms with Crippen LogP contribution in [0.2, 0.25) is 0 Å². The molecule has 16 heteroatoms. The maximum absolute atomic E-state index is 13.1. The summed E-state index contributed by atoms with van der Waals surface area (Å²) in [7, 11) is -3.22. The van der Waals surface area contributed by atoms with Gasteiger partial charge in [-0.25, -0.2) is 9.56 Å². The molecule has 0 spiro atoms. The number of unbranched alkanes of at least 4 members (excludes halogenated alkanes) is 15. The third-order valence-electron chi connectivity index (χ3n) is 11.1. The SMILES string of the molecule is CCCCCCCCCCCCCCCCCCOC[C@H](COP(=O)(O)OC[C@@]1(C)O[C@@H](C2CC=C3C(N)=NC=NN32)[C@H](O)[C@@H]1O)OCc1ccc(C#N)c(OC)c1. The van der Waals surface area contributed by atoms with Gasteiger partial charge in [0.15, 0.2) is 5.84 Å². The van der Waals surface area contributed by atoms with E-state index in [-0.39, 0.29) is 25.7 Å². The molecule has 1 aromatic rings. The summed E-state index contributed by atoms with van der Waals surface area (Å²) >= 11 is 0. The highest BCUT2D eigenvalue weighted by Crippen LogP contribution is 2.47. The van der Waals surface area contributed by atoms with Crippen molar-refractivity contribution < 1.29 is 47.7 Å². The summed E-state index contributed by atoms with van der Waals surface area (Å²) in [6.07, 6.45) is 19.6. The van der Waals surface area contributed by atoms with Crippen molar-refractivity contribution in [1.82, 2.24) is 5.01 Å². The minimum Gasteiger partial charge on any atom is -0.495 e. The van der Waals surface area contributed by atoms with Gasteiger partial charge in [0.05, 0.1) is 50.8 Å². The van der Waals surface area contributed by atoms with Gasteiger partial charge in [0.1, 0.15) is 48.2 Å². The van der Waals surface area contributed by atoms with Crippen LogP contribution >= 0.6 is 7.82 Å². The molecule has 1 saturated heterocycles. The number of hydrogen-bond acceptors (Lipinski definition) is 14. The second-order valence-electron chi connectivity index (χ2n) is 15.8. The third-order valence-corrected chi connectivity index (χ3v) is 12.0. The number of ether oxygens (including phenoxy) is 4. The first-order valence-corrected chi connectivity index (χ1v) is 22.8. The zero-order chi connectivity index (χ0) is 41.8. The van der Waals surface area contributed by atoms with Crippen molar-refractivity contribution in [2.24, 2.45) is 15.8 Å². The van der Waals surface area contributed by atoms with Crippen molar-refractivity contribution in [3.05, 3.63) is 41.1 Å². The Hall–Kier alpha value is -2.90. The Morgan fingerprint density at radius 3 is 2.26 bits per heavy atom. The van der Waals surface area contributed by atoms with Crippen LogP contribution < -0.4 is 10.5 Å².